The van der Waals surface area contributed by atoms with E-state index in [1.165, 1.54) is 12.8 Å². The summed E-state index contributed by atoms with van der Waals surface area (Å²) in [5.41, 5.74) is 5.65. The molecule has 0 heterocycles. The SMILES string of the molecule is CCC1CCC(N)C(O)C1. The van der Waals surface area contributed by atoms with Crippen molar-refractivity contribution in [2.45, 2.75) is 44.8 Å². The fourth-order valence-corrected chi connectivity index (χ4v) is 1.63. The molecule has 1 saturated carbocycles. The minimum Gasteiger partial charge on any atom is -0.392 e. The van der Waals surface area contributed by atoms with Crippen molar-refractivity contribution in [1.82, 2.24) is 0 Å². The van der Waals surface area contributed by atoms with Crippen molar-refractivity contribution in [3.63, 3.8) is 0 Å². The van der Waals surface area contributed by atoms with Gasteiger partial charge in [-0.25, -0.2) is 0 Å². The summed E-state index contributed by atoms with van der Waals surface area (Å²) in [4.78, 5) is 0. The Kier molecular flexibility index (Phi) is 2.69. The Morgan fingerprint density at radius 2 is 2.20 bits per heavy atom. The van der Waals surface area contributed by atoms with Gasteiger partial charge in [-0.3, -0.25) is 0 Å². The molecular weight excluding hydrogens is 126 g/mol. The first kappa shape index (κ1) is 8.02. The largest absolute Gasteiger partial charge is 0.392 e. The van der Waals surface area contributed by atoms with Gasteiger partial charge in [0, 0.05) is 6.04 Å². The summed E-state index contributed by atoms with van der Waals surface area (Å²) in [5.74, 6) is 0.717. The zero-order chi connectivity index (χ0) is 7.56. The molecule has 0 amide bonds. The number of nitrogens with two attached hydrogens (primary N) is 1. The van der Waals surface area contributed by atoms with E-state index in [-0.39, 0.29) is 12.1 Å². The highest BCUT2D eigenvalue weighted by Crippen LogP contribution is 2.25. The van der Waals surface area contributed by atoms with E-state index in [2.05, 4.69) is 6.92 Å². The molecule has 1 aliphatic carbocycles. The molecule has 2 heteroatoms. The lowest BCUT2D eigenvalue weighted by molar-refractivity contribution is 0.0798. The summed E-state index contributed by atoms with van der Waals surface area (Å²) < 4.78 is 0. The van der Waals surface area contributed by atoms with Crippen LogP contribution >= 0.6 is 0 Å². The van der Waals surface area contributed by atoms with Crippen molar-refractivity contribution >= 4 is 0 Å². The van der Waals surface area contributed by atoms with E-state index < -0.39 is 0 Å². The normalized spacial score (nSPS) is 41.7. The van der Waals surface area contributed by atoms with Crippen LogP contribution in [-0.2, 0) is 0 Å². The second-order valence-electron chi connectivity index (χ2n) is 3.32. The Hall–Kier alpha value is -0.0800. The summed E-state index contributed by atoms with van der Waals surface area (Å²) in [6, 6.07) is 0.0443. The summed E-state index contributed by atoms with van der Waals surface area (Å²) in [7, 11) is 0. The third-order valence-electron chi connectivity index (χ3n) is 2.55. The fraction of sp³-hybridized carbons (Fsp3) is 1.00. The van der Waals surface area contributed by atoms with Gasteiger partial charge in [0.25, 0.3) is 0 Å². The van der Waals surface area contributed by atoms with E-state index in [0.717, 1.165) is 18.8 Å². The van der Waals surface area contributed by atoms with Gasteiger partial charge in [0.15, 0.2) is 0 Å². The standard InChI is InChI=1S/C8H17NO/c1-2-6-3-4-7(9)8(10)5-6/h6-8,10H,2-5,9H2,1H3. The summed E-state index contributed by atoms with van der Waals surface area (Å²) in [6.45, 7) is 2.17. The van der Waals surface area contributed by atoms with Crippen molar-refractivity contribution in [2.75, 3.05) is 0 Å². The number of aliphatic hydroxyl groups is 1. The molecule has 0 aromatic rings. The highest BCUT2D eigenvalue weighted by molar-refractivity contribution is 4.81. The number of aliphatic hydroxyl groups excluding tert-OH is 1. The van der Waals surface area contributed by atoms with Gasteiger partial charge in [0.2, 0.25) is 0 Å². The van der Waals surface area contributed by atoms with Crippen molar-refractivity contribution in [1.29, 1.82) is 0 Å². The lowest BCUT2D eigenvalue weighted by Gasteiger charge is -2.29. The van der Waals surface area contributed by atoms with Crippen LogP contribution in [-0.4, -0.2) is 17.3 Å². The first-order valence-corrected chi connectivity index (χ1v) is 4.17. The molecule has 3 atom stereocenters. The molecule has 0 radical (unpaired) electrons. The molecule has 0 bridgehead atoms. The first-order valence-electron chi connectivity index (χ1n) is 4.17. The third kappa shape index (κ3) is 1.70. The van der Waals surface area contributed by atoms with Gasteiger partial charge >= 0.3 is 0 Å². The molecule has 0 aliphatic heterocycles. The second-order valence-corrected chi connectivity index (χ2v) is 3.32. The number of hydrogen-bond acceptors (Lipinski definition) is 2. The van der Waals surface area contributed by atoms with E-state index in [9.17, 15) is 5.11 Å². The van der Waals surface area contributed by atoms with Crippen molar-refractivity contribution in [2.24, 2.45) is 11.7 Å². The molecule has 60 valence electrons. The van der Waals surface area contributed by atoms with Crippen molar-refractivity contribution in [3.05, 3.63) is 0 Å². The molecule has 3 unspecified atom stereocenters. The zero-order valence-corrected chi connectivity index (χ0v) is 6.59. The Labute approximate surface area is 62.4 Å². The predicted octanol–water partition coefficient (Wildman–Crippen LogP) is 0.885. The lowest BCUT2D eigenvalue weighted by Crippen LogP contribution is -2.39. The molecule has 0 aromatic heterocycles. The van der Waals surface area contributed by atoms with Crippen LogP contribution in [0.4, 0.5) is 0 Å². The Morgan fingerprint density at radius 1 is 1.50 bits per heavy atom. The van der Waals surface area contributed by atoms with E-state index in [4.69, 9.17) is 5.73 Å². The first-order chi connectivity index (χ1) is 4.74. The van der Waals surface area contributed by atoms with Crippen LogP contribution in [0, 0.1) is 5.92 Å². The maximum absolute atomic E-state index is 9.35. The molecule has 1 rings (SSSR count). The zero-order valence-electron chi connectivity index (χ0n) is 6.59. The predicted molar refractivity (Wildman–Crippen MR) is 41.6 cm³/mol. The van der Waals surface area contributed by atoms with Crippen LogP contribution < -0.4 is 5.73 Å². The van der Waals surface area contributed by atoms with Gasteiger partial charge in [-0.2, -0.15) is 0 Å². The van der Waals surface area contributed by atoms with Crippen LogP contribution in [0.15, 0.2) is 0 Å². The highest BCUT2D eigenvalue weighted by atomic mass is 16.3. The number of rotatable bonds is 1. The Bertz CT molecular complexity index is 105. The molecule has 0 spiro atoms. The van der Waals surface area contributed by atoms with Gasteiger partial charge in [0.05, 0.1) is 6.10 Å². The van der Waals surface area contributed by atoms with Crippen LogP contribution in [0.25, 0.3) is 0 Å². The summed E-state index contributed by atoms with van der Waals surface area (Å²) in [6.07, 6.45) is 4.06. The third-order valence-corrected chi connectivity index (χ3v) is 2.55. The van der Waals surface area contributed by atoms with E-state index in [1.54, 1.807) is 0 Å². The molecule has 2 nitrogen and oxygen atoms in total. The molecular formula is C8H17NO. The molecule has 0 aromatic carbocycles. The van der Waals surface area contributed by atoms with E-state index in [0.29, 0.717) is 0 Å². The average Bonchev–Trinajstić information content (AvgIpc) is 1.95. The van der Waals surface area contributed by atoms with Gasteiger partial charge in [-0.1, -0.05) is 13.3 Å². The smallest absolute Gasteiger partial charge is 0.0693 e. The summed E-state index contributed by atoms with van der Waals surface area (Å²) in [5, 5.41) is 9.35. The average molecular weight is 143 g/mol. The second kappa shape index (κ2) is 3.35. The van der Waals surface area contributed by atoms with Gasteiger partial charge < -0.3 is 10.8 Å². The number of hydrogen-bond donors (Lipinski definition) is 2. The molecule has 10 heavy (non-hydrogen) atoms. The van der Waals surface area contributed by atoms with Crippen LogP contribution in [0.2, 0.25) is 0 Å². The molecule has 1 fully saturated rings. The minimum absolute atomic E-state index is 0.0443. The fourth-order valence-electron chi connectivity index (χ4n) is 1.63. The van der Waals surface area contributed by atoms with Crippen LogP contribution in [0.1, 0.15) is 32.6 Å². The van der Waals surface area contributed by atoms with E-state index >= 15 is 0 Å². The minimum atomic E-state index is -0.237. The van der Waals surface area contributed by atoms with Gasteiger partial charge in [0.1, 0.15) is 0 Å². The highest BCUT2D eigenvalue weighted by Gasteiger charge is 2.24. The Balaban J connectivity index is 2.33. The lowest BCUT2D eigenvalue weighted by atomic mass is 9.83. The van der Waals surface area contributed by atoms with Crippen molar-refractivity contribution in [3.8, 4) is 0 Å². The Morgan fingerprint density at radius 3 is 2.70 bits per heavy atom. The van der Waals surface area contributed by atoms with E-state index in [1.807, 2.05) is 0 Å². The van der Waals surface area contributed by atoms with Gasteiger partial charge in [-0.15, -0.1) is 0 Å². The summed E-state index contributed by atoms with van der Waals surface area (Å²) >= 11 is 0. The maximum Gasteiger partial charge on any atom is 0.0693 e. The quantitative estimate of drug-likeness (QED) is 0.572. The van der Waals surface area contributed by atoms with Crippen LogP contribution in [0.3, 0.4) is 0 Å². The molecule has 1 aliphatic rings. The molecule has 3 N–H and O–H groups in total. The topological polar surface area (TPSA) is 46.2 Å². The maximum atomic E-state index is 9.35. The molecule has 0 saturated heterocycles. The monoisotopic (exact) mass is 143 g/mol. The van der Waals surface area contributed by atoms with Crippen molar-refractivity contribution < 1.29 is 5.11 Å². The van der Waals surface area contributed by atoms with Crippen LogP contribution in [0.5, 0.6) is 0 Å². The van der Waals surface area contributed by atoms with Gasteiger partial charge in [-0.05, 0) is 25.2 Å².